The third-order valence-corrected chi connectivity index (χ3v) is 4.88. The molecule has 2 heteroatoms. The Morgan fingerprint density at radius 1 is 1.00 bits per heavy atom. The van der Waals surface area contributed by atoms with Crippen molar-refractivity contribution >= 4 is 0 Å². The molecule has 2 heterocycles. The molecule has 0 aliphatic carbocycles. The highest BCUT2D eigenvalue weighted by molar-refractivity contribution is 4.85. The summed E-state index contributed by atoms with van der Waals surface area (Å²) in [6, 6.07) is 1.59. The van der Waals surface area contributed by atoms with Gasteiger partial charge in [0.2, 0.25) is 0 Å². The van der Waals surface area contributed by atoms with E-state index >= 15 is 0 Å². The normalized spacial score (nSPS) is 32.8. The molecule has 2 aliphatic heterocycles. The van der Waals surface area contributed by atoms with Crippen LogP contribution in [0.4, 0.5) is 0 Å². The first-order valence-electron chi connectivity index (χ1n) is 7.56. The maximum Gasteiger partial charge on any atom is 0.0511 e. The maximum atomic E-state index is 2.78. The molecule has 0 spiro atoms. The SMILES string of the molecule is CC(C)C1CCC2CCCN(C(C)C)CN2C1. The Balaban J connectivity index is 1.99. The van der Waals surface area contributed by atoms with Gasteiger partial charge in [0.25, 0.3) is 0 Å². The highest BCUT2D eigenvalue weighted by atomic mass is 15.3. The van der Waals surface area contributed by atoms with E-state index in [2.05, 4.69) is 37.5 Å². The predicted octanol–water partition coefficient (Wildman–Crippen LogP) is 3.18. The van der Waals surface area contributed by atoms with E-state index in [4.69, 9.17) is 0 Å². The highest BCUT2D eigenvalue weighted by Crippen LogP contribution is 2.31. The van der Waals surface area contributed by atoms with Gasteiger partial charge in [-0.05, 0) is 57.9 Å². The molecule has 2 saturated heterocycles. The van der Waals surface area contributed by atoms with Crippen LogP contribution in [0.15, 0.2) is 0 Å². The van der Waals surface area contributed by atoms with Crippen LogP contribution in [0.3, 0.4) is 0 Å². The molecule has 0 radical (unpaired) electrons. The third kappa shape index (κ3) is 3.23. The highest BCUT2D eigenvalue weighted by Gasteiger charge is 2.32. The van der Waals surface area contributed by atoms with E-state index in [0.29, 0.717) is 6.04 Å². The van der Waals surface area contributed by atoms with Crippen LogP contribution in [-0.4, -0.2) is 41.6 Å². The van der Waals surface area contributed by atoms with E-state index in [1.54, 1.807) is 0 Å². The van der Waals surface area contributed by atoms with Crippen molar-refractivity contribution in [1.82, 2.24) is 9.80 Å². The van der Waals surface area contributed by atoms with Crippen molar-refractivity contribution < 1.29 is 0 Å². The number of piperidine rings is 1. The largest absolute Gasteiger partial charge is 0.288 e. The Hall–Kier alpha value is -0.0800. The summed E-state index contributed by atoms with van der Waals surface area (Å²) in [6.45, 7) is 13.3. The van der Waals surface area contributed by atoms with E-state index in [0.717, 1.165) is 17.9 Å². The van der Waals surface area contributed by atoms with E-state index in [1.807, 2.05) is 0 Å². The lowest BCUT2D eigenvalue weighted by Gasteiger charge is -2.42. The zero-order valence-corrected chi connectivity index (χ0v) is 12.2. The summed E-state index contributed by atoms with van der Waals surface area (Å²) >= 11 is 0. The summed E-state index contributed by atoms with van der Waals surface area (Å²) in [5.41, 5.74) is 0. The first-order chi connectivity index (χ1) is 8.08. The van der Waals surface area contributed by atoms with Gasteiger partial charge in [-0.15, -0.1) is 0 Å². The second kappa shape index (κ2) is 5.71. The molecule has 2 rings (SSSR count). The van der Waals surface area contributed by atoms with Gasteiger partial charge >= 0.3 is 0 Å². The lowest BCUT2D eigenvalue weighted by atomic mass is 9.84. The van der Waals surface area contributed by atoms with E-state index in [-0.39, 0.29) is 0 Å². The molecular formula is C15H30N2. The molecule has 0 N–H and O–H groups in total. The maximum absolute atomic E-state index is 2.78. The summed E-state index contributed by atoms with van der Waals surface area (Å²) in [5, 5.41) is 0. The van der Waals surface area contributed by atoms with Crippen LogP contribution in [0.2, 0.25) is 0 Å². The van der Waals surface area contributed by atoms with Crippen LogP contribution < -0.4 is 0 Å². The van der Waals surface area contributed by atoms with Crippen LogP contribution in [0.25, 0.3) is 0 Å². The second-order valence-corrected chi connectivity index (χ2v) is 6.70. The molecule has 0 saturated carbocycles. The molecule has 2 atom stereocenters. The monoisotopic (exact) mass is 238 g/mol. The smallest absolute Gasteiger partial charge is 0.0511 e. The minimum atomic E-state index is 0.702. The lowest BCUT2D eigenvalue weighted by molar-refractivity contribution is 0.0387. The number of nitrogens with zero attached hydrogens (tertiary/aromatic N) is 2. The summed E-state index contributed by atoms with van der Waals surface area (Å²) in [5.74, 6) is 1.78. The first kappa shape index (κ1) is 13.4. The van der Waals surface area contributed by atoms with Gasteiger partial charge < -0.3 is 0 Å². The van der Waals surface area contributed by atoms with Gasteiger partial charge in [-0.25, -0.2) is 0 Å². The summed E-state index contributed by atoms with van der Waals surface area (Å²) in [4.78, 5) is 5.43. The second-order valence-electron chi connectivity index (χ2n) is 6.70. The minimum Gasteiger partial charge on any atom is -0.288 e. The number of rotatable bonds is 2. The number of hydrogen-bond acceptors (Lipinski definition) is 2. The quantitative estimate of drug-likeness (QED) is 0.729. The van der Waals surface area contributed by atoms with Crippen molar-refractivity contribution in [3.63, 3.8) is 0 Å². The Labute approximate surface area is 107 Å². The van der Waals surface area contributed by atoms with Gasteiger partial charge in [0.1, 0.15) is 0 Å². The molecule has 0 bridgehead atoms. The van der Waals surface area contributed by atoms with E-state index in [1.165, 1.54) is 45.4 Å². The topological polar surface area (TPSA) is 6.48 Å². The van der Waals surface area contributed by atoms with Gasteiger partial charge in [0, 0.05) is 18.6 Å². The zero-order valence-electron chi connectivity index (χ0n) is 12.2. The molecule has 0 aromatic rings. The number of fused-ring (bicyclic) bond motifs is 1. The van der Waals surface area contributed by atoms with Crippen LogP contribution >= 0.6 is 0 Å². The molecule has 2 fully saturated rings. The molecule has 100 valence electrons. The Morgan fingerprint density at radius 2 is 1.76 bits per heavy atom. The Kier molecular flexibility index (Phi) is 4.48. The van der Waals surface area contributed by atoms with Gasteiger partial charge in [-0.1, -0.05) is 13.8 Å². The third-order valence-electron chi connectivity index (χ3n) is 4.88. The molecule has 0 aromatic heterocycles. The Morgan fingerprint density at radius 3 is 2.41 bits per heavy atom. The van der Waals surface area contributed by atoms with Crippen molar-refractivity contribution in [3.05, 3.63) is 0 Å². The van der Waals surface area contributed by atoms with Crippen molar-refractivity contribution in [2.45, 2.75) is 65.5 Å². The van der Waals surface area contributed by atoms with Crippen molar-refractivity contribution in [1.29, 1.82) is 0 Å². The standard InChI is InChI=1S/C15H30N2/c1-12(2)14-7-8-15-6-5-9-16(13(3)4)11-17(15)10-14/h12-15H,5-11H2,1-4H3. The van der Waals surface area contributed by atoms with Crippen molar-refractivity contribution in [2.24, 2.45) is 11.8 Å². The van der Waals surface area contributed by atoms with Gasteiger partial charge in [-0.3, -0.25) is 9.80 Å². The molecule has 0 amide bonds. The fourth-order valence-electron chi connectivity index (χ4n) is 3.43. The predicted molar refractivity (Wildman–Crippen MR) is 74.0 cm³/mol. The molecule has 17 heavy (non-hydrogen) atoms. The number of hydrogen-bond donors (Lipinski definition) is 0. The van der Waals surface area contributed by atoms with Crippen LogP contribution in [0.1, 0.15) is 53.4 Å². The Bertz CT molecular complexity index is 237. The fourth-order valence-corrected chi connectivity index (χ4v) is 3.43. The zero-order chi connectivity index (χ0) is 12.4. The van der Waals surface area contributed by atoms with Crippen LogP contribution in [0, 0.1) is 11.8 Å². The lowest BCUT2D eigenvalue weighted by Crippen LogP contribution is -2.49. The summed E-state index contributed by atoms with van der Waals surface area (Å²) in [7, 11) is 0. The van der Waals surface area contributed by atoms with Crippen molar-refractivity contribution in [2.75, 3.05) is 19.8 Å². The average Bonchev–Trinajstić information content (AvgIpc) is 2.49. The molecule has 0 aromatic carbocycles. The van der Waals surface area contributed by atoms with Crippen LogP contribution in [0.5, 0.6) is 0 Å². The van der Waals surface area contributed by atoms with Gasteiger partial charge in [0.05, 0.1) is 6.67 Å². The average molecular weight is 238 g/mol. The summed E-state index contributed by atoms with van der Waals surface area (Å²) < 4.78 is 0. The molecule has 2 unspecified atom stereocenters. The summed E-state index contributed by atoms with van der Waals surface area (Å²) in [6.07, 6.45) is 5.72. The van der Waals surface area contributed by atoms with Crippen LogP contribution in [-0.2, 0) is 0 Å². The van der Waals surface area contributed by atoms with E-state index < -0.39 is 0 Å². The first-order valence-corrected chi connectivity index (χ1v) is 7.56. The molecule has 2 nitrogen and oxygen atoms in total. The molecular weight excluding hydrogens is 208 g/mol. The molecule has 2 aliphatic rings. The minimum absolute atomic E-state index is 0.702. The fraction of sp³-hybridized carbons (Fsp3) is 1.00. The van der Waals surface area contributed by atoms with Crippen molar-refractivity contribution in [3.8, 4) is 0 Å². The van der Waals surface area contributed by atoms with E-state index in [9.17, 15) is 0 Å². The van der Waals surface area contributed by atoms with Gasteiger partial charge in [0.15, 0.2) is 0 Å². The van der Waals surface area contributed by atoms with Gasteiger partial charge in [-0.2, -0.15) is 0 Å².